The lowest BCUT2D eigenvalue weighted by Crippen LogP contribution is -2.35. The highest BCUT2D eigenvalue weighted by Crippen LogP contribution is 2.12. The molecule has 0 saturated heterocycles. The molecule has 0 fully saturated rings. The zero-order chi connectivity index (χ0) is 13.4. The molecule has 0 unspecified atom stereocenters. The number of nitrogens with one attached hydrogen (secondary N) is 1. The second-order valence-corrected chi connectivity index (χ2v) is 4.35. The maximum absolute atomic E-state index is 13.4. The predicted molar refractivity (Wildman–Crippen MR) is 67.1 cm³/mol. The summed E-state index contributed by atoms with van der Waals surface area (Å²) in [6.07, 6.45) is 0. The van der Waals surface area contributed by atoms with Crippen LogP contribution in [-0.4, -0.2) is 9.55 Å². The van der Waals surface area contributed by atoms with Crippen molar-refractivity contribution in [1.82, 2.24) is 9.55 Å². The number of aryl methyl sites for hydroxylation is 2. The molecule has 6 heteroatoms. The van der Waals surface area contributed by atoms with E-state index in [0.29, 0.717) is 10.3 Å². The van der Waals surface area contributed by atoms with Crippen LogP contribution in [0.2, 0.25) is 5.15 Å². The van der Waals surface area contributed by atoms with Crippen molar-refractivity contribution in [3.05, 3.63) is 61.1 Å². The fraction of sp³-hybridized carbons (Fsp3) is 0.167. The van der Waals surface area contributed by atoms with Crippen LogP contribution in [0.25, 0.3) is 5.69 Å². The molecule has 0 bridgehead atoms. The maximum atomic E-state index is 13.4. The van der Waals surface area contributed by atoms with Gasteiger partial charge in [-0.25, -0.2) is 9.36 Å². The number of hydrogen-bond donors (Lipinski definition) is 1. The normalized spacial score (nSPS) is 10.7. The number of nitrogens with zero attached hydrogens (tertiary/aromatic N) is 1. The first-order valence-corrected chi connectivity index (χ1v) is 5.57. The van der Waals surface area contributed by atoms with Crippen molar-refractivity contribution < 1.29 is 4.39 Å². The van der Waals surface area contributed by atoms with Gasteiger partial charge in [-0.2, -0.15) is 4.39 Å². The van der Waals surface area contributed by atoms with Crippen LogP contribution in [0.5, 0.6) is 0 Å². The second kappa shape index (κ2) is 4.42. The Morgan fingerprint density at radius 2 is 1.89 bits per heavy atom. The molecule has 18 heavy (non-hydrogen) atoms. The molecule has 0 atom stereocenters. The molecule has 1 heterocycles. The summed E-state index contributed by atoms with van der Waals surface area (Å²) in [5.41, 5.74) is 0.383. The molecule has 2 aromatic rings. The summed E-state index contributed by atoms with van der Waals surface area (Å²) in [6.45, 7) is 3.74. The first-order valence-electron chi connectivity index (χ1n) is 5.20. The molecule has 1 aromatic carbocycles. The number of rotatable bonds is 1. The van der Waals surface area contributed by atoms with Gasteiger partial charge in [0.15, 0.2) is 5.15 Å². The number of hydrogen-bond acceptors (Lipinski definition) is 2. The van der Waals surface area contributed by atoms with Crippen LogP contribution in [0.1, 0.15) is 11.1 Å². The molecule has 0 aliphatic heterocycles. The molecule has 1 aromatic heterocycles. The predicted octanol–water partition coefficient (Wildman–Crippen LogP) is 1.94. The highest BCUT2D eigenvalue weighted by molar-refractivity contribution is 6.29. The van der Waals surface area contributed by atoms with Gasteiger partial charge >= 0.3 is 5.69 Å². The van der Waals surface area contributed by atoms with Crippen LogP contribution in [0.15, 0.2) is 27.8 Å². The average molecular weight is 269 g/mol. The Kier molecular flexibility index (Phi) is 3.09. The summed E-state index contributed by atoms with van der Waals surface area (Å²) in [5, 5.41) is -0.579. The molecule has 0 spiro atoms. The van der Waals surface area contributed by atoms with E-state index >= 15 is 0 Å². The quantitative estimate of drug-likeness (QED) is 0.804. The average Bonchev–Trinajstić information content (AvgIpc) is 2.31. The van der Waals surface area contributed by atoms with Crippen molar-refractivity contribution in [3.8, 4) is 5.69 Å². The van der Waals surface area contributed by atoms with Gasteiger partial charge in [0.2, 0.25) is 5.82 Å². The van der Waals surface area contributed by atoms with Crippen LogP contribution in [0, 0.1) is 19.7 Å². The van der Waals surface area contributed by atoms with Crippen molar-refractivity contribution in [2.24, 2.45) is 0 Å². The van der Waals surface area contributed by atoms with Crippen molar-refractivity contribution in [2.75, 3.05) is 0 Å². The Morgan fingerprint density at radius 1 is 1.22 bits per heavy atom. The second-order valence-electron chi connectivity index (χ2n) is 3.97. The minimum absolute atomic E-state index is 0.305. The van der Waals surface area contributed by atoms with E-state index in [-0.39, 0.29) is 0 Å². The van der Waals surface area contributed by atoms with E-state index in [4.69, 9.17) is 11.6 Å². The van der Waals surface area contributed by atoms with Crippen molar-refractivity contribution in [2.45, 2.75) is 13.8 Å². The van der Waals surface area contributed by atoms with Crippen LogP contribution < -0.4 is 11.2 Å². The zero-order valence-corrected chi connectivity index (χ0v) is 10.5. The van der Waals surface area contributed by atoms with E-state index in [1.807, 2.05) is 13.8 Å². The highest BCUT2D eigenvalue weighted by Gasteiger charge is 2.13. The van der Waals surface area contributed by atoms with E-state index in [9.17, 15) is 14.0 Å². The first kappa shape index (κ1) is 12.6. The molecule has 0 aliphatic carbocycles. The number of benzene rings is 1. The smallest absolute Gasteiger partial charge is 0.295 e. The third-order valence-electron chi connectivity index (χ3n) is 2.75. The highest BCUT2D eigenvalue weighted by atomic mass is 35.5. The summed E-state index contributed by atoms with van der Waals surface area (Å²) in [4.78, 5) is 25.4. The monoisotopic (exact) mass is 268 g/mol. The number of aromatic nitrogens is 2. The zero-order valence-electron chi connectivity index (χ0n) is 9.75. The Bertz CT molecular complexity index is 734. The Morgan fingerprint density at radius 3 is 2.50 bits per heavy atom. The van der Waals surface area contributed by atoms with Gasteiger partial charge in [-0.05, 0) is 37.1 Å². The van der Waals surface area contributed by atoms with Crippen molar-refractivity contribution in [1.29, 1.82) is 0 Å². The largest absolute Gasteiger partial charge is 0.334 e. The molecule has 0 aliphatic rings. The minimum Gasteiger partial charge on any atom is -0.295 e. The number of aromatic amines is 1. The van der Waals surface area contributed by atoms with E-state index in [1.54, 1.807) is 18.2 Å². The molecule has 4 nitrogen and oxygen atoms in total. The molecule has 1 N–H and O–H groups in total. The number of halogens is 2. The molecule has 0 radical (unpaired) electrons. The molecule has 0 amide bonds. The summed E-state index contributed by atoms with van der Waals surface area (Å²) in [5.74, 6) is -1.17. The minimum atomic E-state index is -1.17. The summed E-state index contributed by atoms with van der Waals surface area (Å²) < 4.78 is 14.1. The van der Waals surface area contributed by atoms with Gasteiger partial charge < -0.3 is 0 Å². The van der Waals surface area contributed by atoms with Gasteiger partial charge in [0.25, 0.3) is 5.56 Å². The van der Waals surface area contributed by atoms with E-state index < -0.39 is 22.2 Å². The fourth-order valence-corrected chi connectivity index (χ4v) is 1.75. The lowest BCUT2D eigenvalue weighted by molar-refractivity contribution is 0.584. The van der Waals surface area contributed by atoms with E-state index in [1.165, 1.54) is 0 Å². The van der Waals surface area contributed by atoms with Crippen LogP contribution in [0.3, 0.4) is 0 Å². The molecular formula is C12H10ClFN2O2. The van der Waals surface area contributed by atoms with E-state index in [2.05, 4.69) is 4.98 Å². The Hall–Kier alpha value is -1.88. The molecule has 0 saturated carbocycles. The standard InChI is InChI=1S/C12H10ClFN2O2/c1-6-3-4-8(5-7(6)2)16-11(17)9(14)10(13)15-12(16)18/h3-5H,1-2H3,(H,15,18). The van der Waals surface area contributed by atoms with Gasteiger partial charge in [0.1, 0.15) is 0 Å². The molecular weight excluding hydrogens is 259 g/mol. The topological polar surface area (TPSA) is 54.9 Å². The van der Waals surface area contributed by atoms with Crippen LogP contribution in [0.4, 0.5) is 4.39 Å². The van der Waals surface area contributed by atoms with Gasteiger partial charge in [-0.3, -0.25) is 9.78 Å². The van der Waals surface area contributed by atoms with Crippen LogP contribution in [-0.2, 0) is 0 Å². The van der Waals surface area contributed by atoms with Gasteiger partial charge in [-0.1, -0.05) is 17.7 Å². The van der Waals surface area contributed by atoms with Gasteiger partial charge in [0.05, 0.1) is 5.69 Å². The lowest BCUT2D eigenvalue weighted by atomic mass is 10.1. The Labute approximate surface area is 107 Å². The summed E-state index contributed by atoms with van der Waals surface area (Å²) in [7, 11) is 0. The summed E-state index contributed by atoms with van der Waals surface area (Å²) >= 11 is 5.39. The van der Waals surface area contributed by atoms with E-state index in [0.717, 1.165) is 11.1 Å². The van der Waals surface area contributed by atoms with Crippen molar-refractivity contribution >= 4 is 11.6 Å². The molecule has 2 rings (SSSR count). The lowest BCUT2D eigenvalue weighted by Gasteiger charge is -2.07. The third kappa shape index (κ3) is 1.97. The maximum Gasteiger partial charge on any atom is 0.334 e. The van der Waals surface area contributed by atoms with Gasteiger partial charge in [-0.15, -0.1) is 0 Å². The third-order valence-corrected chi connectivity index (χ3v) is 3.01. The van der Waals surface area contributed by atoms with Crippen LogP contribution >= 0.6 is 11.6 Å². The fourth-order valence-electron chi connectivity index (χ4n) is 1.59. The number of H-pyrrole nitrogens is 1. The van der Waals surface area contributed by atoms with Gasteiger partial charge in [0, 0.05) is 0 Å². The SMILES string of the molecule is Cc1ccc(-n2c(=O)[nH]c(Cl)c(F)c2=O)cc1C. The molecule has 94 valence electrons. The van der Waals surface area contributed by atoms with Crippen molar-refractivity contribution in [3.63, 3.8) is 0 Å². The first-order chi connectivity index (χ1) is 8.41. The Balaban J connectivity index is 2.80. The summed E-state index contributed by atoms with van der Waals surface area (Å²) in [6, 6.07) is 4.97.